The number of carboxylic acids is 1. The fourth-order valence-corrected chi connectivity index (χ4v) is 2.58. The molecule has 0 saturated heterocycles. The molecule has 0 aliphatic carbocycles. The Kier molecular flexibility index (Phi) is 6.11. The van der Waals surface area contributed by atoms with Crippen LogP contribution in [0.15, 0.2) is 17.1 Å². The Morgan fingerprint density at radius 3 is 2.60 bits per heavy atom. The third-order valence-corrected chi connectivity index (χ3v) is 3.84. The highest BCUT2D eigenvalue weighted by Crippen LogP contribution is 2.30. The molecule has 0 unspecified atom stereocenters. The Balaban J connectivity index is 2.61. The van der Waals surface area contributed by atoms with Crippen LogP contribution in [0.5, 0.6) is 5.75 Å². The first-order valence-electron chi connectivity index (χ1n) is 7.62. The quantitative estimate of drug-likeness (QED) is 0.729. The fourth-order valence-electron chi connectivity index (χ4n) is 2.58. The Hall–Kier alpha value is -2.45. The molecular weight excluding hydrogens is 333 g/mol. The van der Waals surface area contributed by atoms with Gasteiger partial charge in [0.05, 0.1) is 37.8 Å². The maximum atomic E-state index is 14.1. The second-order valence-corrected chi connectivity index (χ2v) is 5.39. The number of rotatable bonds is 8. The molecule has 1 N–H and O–H groups in total. The standard InChI is InChI=1S/C17H20FNO6/c1-10-13(18)8-11-14(16(10)24-3)19(4-5-25-7-6-23-2)9-12(15(11)20)17(21)22/h8-9H,4-7H2,1-3H3,(H,21,22). The first kappa shape index (κ1) is 18.9. The van der Waals surface area contributed by atoms with E-state index in [9.17, 15) is 19.1 Å². The van der Waals surface area contributed by atoms with Crippen molar-refractivity contribution in [3.63, 3.8) is 0 Å². The number of methoxy groups -OCH3 is 2. The monoisotopic (exact) mass is 353 g/mol. The number of aromatic nitrogens is 1. The molecule has 1 aromatic heterocycles. The number of fused-ring (bicyclic) bond motifs is 1. The van der Waals surface area contributed by atoms with Gasteiger partial charge in [0.25, 0.3) is 0 Å². The summed E-state index contributed by atoms with van der Waals surface area (Å²) in [5, 5.41) is 9.21. The number of ether oxygens (including phenoxy) is 3. The fraction of sp³-hybridized carbons (Fsp3) is 0.412. The molecule has 0 bridgehead atoms. The van der Waals surface area contributed by atoms with E-state index in [0.29, 0.717) is 18.7 Å². The molecule has 25 heavy (non-hydrogen) atoms. The summed E-state index contributed by atoms with van der Waals surface area (Å²) in [5.41, 5.74) is -0.607. The van der Waals surface area contributed by atoms with Gasteiger partial charge in [-0.15, -0.1) is 0 Å². The number of carbonyl (C=O) groups is 1. The highest BCUT2D eigenvalue weighted by molar-refractivity contribution is 5.94. The van der Waals surface area contributed by atoms with Crippen molar-refractivity contribution in [2.24, 2.45) is 0 Å². The van der Waals surface area contributed by atoms with E-state index in [-0.39, 0.29) is 29.9 Å². The molecule has 0 radical (unpaired) electrons. The number of nitrogens with zero attached hydrogens (tertiary/aromatic N) is 1. The maximum absolute atomic E-state index is 14.1. The molecule has 1 heterocycles. The van der Waals surface area contributed by atoms with E-state index in [4.69, 9.17) is 14.2 Å². The molecular formula is C17H20FNO6. The highest BCUT2D eigenvalue weighted by Gasteiger charge is 2.20. The summed E-state index contributed by atoms with van der Waals surface area (Å²) < 4.78 is 31.2. The molecule has 0 fully saturated rings. The van der Waals surface area contributed by atoms with Gasteiger partial charge < -0.3 is 23.9 Å². The number of carboxylic acid groups (broad SMARTS) is 1. The number of hydrogen-bond donors (Lipinski definition) is 1. The lowest BCUT2D eigenvalue weighted by molar-refractivity contribution is 0.0663. The summed E-state index contributed by atoms with van der Waals surface area (Å²) in [6.45, 7) is 2.87. The van der Waals surface area contributed by atoms with Gasteiger partial charge in [0.2, 0.25) is 5.43 Å². The summed E-state index contributed by atoms with van der Waals surface area (Å²) in [5.74, 6) is -1.81. The summed E-state index contributed by atoms with van der Waals surface area (Å²) >= 11 is 0. The summed E-state index contributed by atoms with van der Waals surface area (Å²) in [6, 6.07) is 1.05. The zero-order valence-corrected chi connectivity index (χ0v) is 14.3. The molecule has 2 rings (SSSR count). The number of halogens is 1. The predicted octanol–water partition coefficient (Wildman–Crippen LogP) is 1.82. The lowest BCUT2D eigenvalue weighted by Crippen LogP contribution is -2.21. The number of hydrogen-bond acceptors (Lipinski definition) is 5. The van der Waals surface area contributed by atoms with Crippen molar-refractivity contribution in [2.45, 2.75) is 13.5 Å². The van der Waals surface area contributed by atoms with Crippen molar-refractivity contribution in [3.05, 3.63) is 39.4 Å². The van der Waals surface area contributed by atoms with E-state index in [1.54, 1.807) is 7.11 Å². The highest BCUT2D eigenvalue weighted by atomic mass is 19.1. The normalized spacial score (nSPS) is 11.0. The molecule has 0 saturated carbocycles. The summed E-state index contributed by atoms with van der Waals surface area (Å²) in [6.07, 6.45) is 1.23. The summed E-state index contributed by atoms with van der Waals surface area (Å²) in [4.78, 5) is 23.8. The summed E-state index contributed by atoms with van der Waals surface area (Å²) in [7, 11) is 2.93. The van der Waals surface area contributed by atoms with Crippen molar-refractivity contribution in [3.8, 4) is 5.75 Å². The van der Waals surface area contributed by atoms with Gasteiger partial charge in [-0.1, -0.05) is 0 Å². The third kappa shape index (κ3) is 3.80. The minimum atomic E-state index is -1.37. The maximum Gasteiger partial charge on any atom is 0.341 e. The smallest absolute Gasteiger partial charge is 0.341 e. The molecule has 0 aliphatic heterocycles. The SMILES string of the molecule is COCCOCCn1cc(C(=O)O)c(=O)c2cc(F)c(C)c(OC)c21. The van der Waals surface area contributed by atoms with Crippen LogP contribution in [0.3, 0.4) is 0 Å². The van der Waals surface area contributed by atoms with Gasteiger partial charge in [-0.2, -0.15) is 0 Å². The van der Waals surface area contributed by atoms with Crippen molar-refractivity contribution >= 4 is 16.9 Å². The molecule has 136 valence electrons. The van der Waals surface area contributed by atoms with Gasteiger partial charge in [0.1, 0.15) is 17.1 Å². The van der Waals surface area contributed by atoms with Crippen LogP contribution < -0.4 is 10.2 Å². The van der Waals surface area contributed by atoms with E-state index in [1.807, 2.05) is 0 Å². The van der Waals surface area contributed by atoms with Gasteiger partial charge in [-0.25, -0.2) is 9.18 Å². The number of benzene rings is 1. The number of pyridine rings is 1. The first-order valence-corrected chi connectivity index (χ1v) is 7.62. The first-order chi connectivity index (χ1) is 11.9. The zero-order chi connectivity index (χ0) is 18.6. The molecule has 2 aromatic rings. The van der Waals surface area contributed by atoms with Crippen LogP contribution in [0.4, 0.5) is 4.39 Å². The van der Waals surface area contributed by atoms with Crippen LogP contribution in [-0.4, -0.2) is 49.7 Å². The lowest BCUT2D eigenvalue weighted by Gasteiger charge is -2.17. The Bertz CT molecular complexity index is 845. The average Bonchev–Trinajstić information content (AvgIpc) is 2.58. The average molecular weight is 353 g/mol. The van der Waals surface area contributed by atoms with Gasteiger partial charge in [0.15, 0.2) is 0 Å². The topological polar surface area (TPSA) is 87.0 Å². The molecule has 7 nitrogen and oxygen atoms in total. The molecule has 0 amide bonds. The lowest BCUT2D eigenvalue weighted by atomic mass is 10.1. The second-order valence-electron chi connectivity index (χ2n) is 5.39. The van der Waals surface area contributed by atoms with Crippen LogP contribution in [0.25, 0.3) is 10.9 Å². The van der Waals surface area contributed by atoms with Gasteiger partial charge in [-0.05, 0) is 13.0 Å². The van der Waals surface area contributed by atoms with Crippen LogP contribution in [-0.2, 0) is 16.0 Å². The molecule has 8 heteroatoms. The minimum Gasteiger partial charge on any atom is -0.494 e. The molecule has 1 aromatic carbocycles. The van der Waals surface area contributed by atoms with Crippen molar-refractivity contribution in [1.29, 1.82) is 0 Å². The van der Waals surface area contributed by atoms with E-state index < -0.39 is 22.8 Å². The number of aromatic carboxylic acids is 1. The van der Waals surface area contributed by atoms with Crippen molar-refractivity contribution in [1.82, 2.24) is 4.57 Å². The van der Waals surface area contributed by atoms with Gasteiger partial charge in [-0.3, -0.25) is 4.79 Å². The Morgan fingerprint density at radius 1 is 1.28 bits per heavy atom. The molecule has 0 spiro atoms. The largest absolute Gasteiger partial charge is 0.494 e. The Morgan fingerprint density at radius 2 is 2.00 bits per heavy atom. The van der Waals surface area contributed by atoms with Crippen molar-refractivity contribution < 1.29 is 28.5 Å². The second kappa shape index (κ2) is 8.09. The van der Waals surface area contributed by atoms with Gasteiger partial charge >= 0.3 is 5.97 Å². The van der Waals surface area contributed by atoms with Crippen LogP contribution in [0, 0.1) is 12.7 Å². The van der Waals surface area contributed by atoms with E-state index in [0.717, 1.165) is 6.07 Å². The van der Waals surface area contributed by atoms with E-state index in [2.05, 4.69) is 0 Å². The van der Waals surface area contributed by atoms with E-state index >= 15 is 0 Å². The third-order valence-electron chi connectivity index (χ3n) is 3.84. The predicted molar refractivity (Wildman–Crippen MR) is 89.1 cm³/mol. The van der Waals surface area contributed by atoms with Crippen molar-refractivity contribution in [2.75, 3.05) is 34.0 Å². The van der Waals surface area contributed by atoms with Crippen LogP contribution in [0.1, 0.15) is 15.9 Å². The Labute approximate surface area is 143 Å². The van der Waals surface area contributed by atoms with Crippen LogP contribution in [0.2, 0.25) is 0 Å². The zero-order valence-electron chi connectivity index (χ0n) is 14.3. The molecule has 0 aliphatic rings. The van der Waals surface area contributed by atoms with Crippen LogP contribution >= 0.6 is 0 Å². The van der Waals surface area contributed by atoms with E-state index in [1.165, 1.54) is 24.8 Å². The van der Waals surface area contributed by atoms with Gasteiger partial charge in [0, 0.05) is 25.4 Å². The molecule has 0 atom stereocenters. The minimum absolute atomic E-state index is 0.0447.